The van der Waals surface area contributed by atoms with Gasteiger partial charge in [-0.1, -0.05) is 15.9 Å². The van der Waals surface area contributed by atoms with E-state index in [4.69, 9.17) is 4.74 Å². The van der Waals surface area contributed by atoms with E-state index >= 15 is 0 Å². The lowest BCUT2D eigenvalue weighted by atomic mass is 10.2. The second kappa shape index (κ2) is 7.61. The van der Waals surface area contributed by atoms with Crippen LogP contribution in [0.25, 0.3) is 0 Å². The van der Waals surface area contributed by atoms with Crippen LogP contribution in [0.2, 0.25) is 0 Å². The summed E-state index contributed by atoms with van der Waals surface area (Å²) in [4.78, 5) is 11.6. The molecule has 0 saturated carbocycles. The van der Waals surface area contributed by atoms with Gasteiger partial charge in [-0.15, -0.1) is 0 Å². The number of carbonyl (C=O) groups is 1. The first kappa shape index (κ1) is 14.4. The third-order valence-electron chi connectivity index (χ3n) is 2.28. The van der Waals surface area contributed by atoms with Gasteiger partial charge in [0.15, 0.2) is 0 Å². The fourth-order valence-electron chi connectivity index (χ4n) is 1.37. The zero-order chi connectivity index (χ0) is 12.7. The summed E-state index contributed by atoms with van der Waals surface area (Å²) >= 11 is 5.09. The Morgan fingerprint density at radius 2 is 2.12 bits per heavy atom. The summed E-state index contributed by atoms with van der Waals surface area (Å²) < 4.78 is 5.80. The molecule has 0 bridgehead atoms. The van der Waals surface area contributed by atoms with Crippen LogP contribution in [-0.4, -0.2) is 31.1 Å². The second-order valence-corrected chi connectivity index (χ2v) is 5.41. The van der Waals surface area contributed by atoms with E-state index < -0.39 is 0 Å². The first-order valence-corrected chi connectivity index (χ1v) is 7.45. The molecule has 0 aromatic heterocycles. The largest absolute Gasteiger partial charge is 0.467 e. The maximum atomic E-state index is 11.6. The fourth-order valence-corrected chi connectivity index (χ4v) is 2.11. The molecule has 94 valence electrons. The number of hydrogen-bond acceptors (Lipinski definition) is 4. The second-order valence-electron chi connectivity index (χ2n) is 3.51. The number of hydrogen-bond donors (Lipinski definition) is 1. The summed E-state index contributed by atoms with van der Waals surface area (Å²) in [6.45, 7) is 0. The predicted molar refractivity (Wildman–Crippen MR) is 76.6 cm³/mol. The summed E-state index contributed by atoms with van der Waals surface area (Å²) in [6.07, 6.45) is 2.78. The molecule has 3 nitrogen and oxygen atoms in total. The van der Waals surface area contributed by atoms with Gasteiger partial charge in [-0.25, -0.2) is 4.79 Å². The van der Waals surface area contributed by atoms with Crippen LogP contribution < -0.4 is 5.32 Å². The molecule has 0 heterocycles. The van der Waals surface area contributed by atoms with E-state index in [1.165, 1.54) is 7.11 Å². The zero-order valence-electron chi connectivity index (χ0n) is 9.90. The van der Waals surface area contributed by atoms with Gasteiger partial charge in [0, 0.05) is 10.2 Å². The SMILES string of the molecule is COC(=O)C(CCSC)Nc1ccc(Br)cc1. The van der Waals surface area contributed by atoms with Crippen LogP contribution in [0.5, 0.6) is 0 Å². The standard InChI is InChI=1S/C12H16BrNO2S/c1-16-12(15)11(7-8-17-2)14-10-5-3-9(13)4-6-10/h3-6,11,14H,7-8H2,1-2H3. The first-order valence-electron chi connectivity index (χ1n) is 5.26. The van der Waals surface area contributed by atoms with Gasteiger partial charge >= 0.3 is 5.97 Å². The molecule has 0 aliphatic rings. The Morgan fingerprint density at radius 1 is 1.47 bits per heavy atom. The van der Waals surface area contributed by atoms with Gasteiger partial charge in [-0.2, -0.15) is 11.8 Å². The highest BCUT2D eigenvalue weighted by atomic mass is 79.9. The highest BCUT2D eigenvalue weighted by Gasteiger charge is 2.18. The lowest BCUT2D eigenvalue weighted by Crippen LogP contribution is -2.31. The quantitative estimate of drug-likeness (QED) is 0.818. The Labute approximate surface area is 114 Å². The summed E-state index contributed by atoms with van der Waals surface area (Å²) in [5.74, 6) is 0.700. The van der Waals surface area contributed by atoms with E-state index in [9.17, 15) is 4.79 Å². The van der Waals surface area contributed by atoms with Crippen molar-refractivity contribution in [2.24, 2.45) is 0 Å². The van der Waals surface area contributed by atoms with Crippen LogP contribution >= 0.6 is 27.7 Å². The molecule has 1 aromatic rings. The number of esters is 1. The van der Waals surface area contributed by atoms with Crippen molar-refractivity contribution >= 4 is 39.3 Å². The third kappa shape index (κ3) is 5.00. The van der Waals surface area contributed by atoms with E-state index in [0.29, 0.717) is 0 Å². The van der Waals surface area contributed by atoms with E-state index in [1.54, 1.807) is 11.8 Å². The Balaban J connectivity index is 2.64. The topological polar surface area (TPSA) is 38.3 Å². The van der Waals surface area contributed by atoms with Gasteiger partial charge in [0.2, 0.25) is 0 Å². The van der Waals surface area contributed by atoms with Gasteiger partial charge in [-0.3, -0.25) is 0 Å². The van der Waals surface area contributed by atoms with Crippen molar-refractivity contribution in [2.75, 3.05) is 24.4 Å². The van der Waals surface area contributed by atoms with Crippen molar-refractivity contribution in [3.8, 4) is 0 Å². The molecule has 0 aliphatic carbocycles. The molecule has 0 fully saturated rings. The molecule has 0 saturated heterocycles. The molecule has 1 atom stereocenters. The van der Waals surface area contributed by atoms with Gasteiger partial charge < -0.3 is 10.1 Å². The van der Waals surface area contributed by atoms with Gasteiger partial charge in [-0.05, 0) is 42.7 Å². The lowest BCUT2D eigenvalue weighted by molar-refractivity contribution is -0.141. The number of nitrogens with one attached hydrogen (secondary N) is 1. The molecule has 1 N–H and O–H groups in total. The number of anilines is 1. The van der Waals surface area contributed by atoms with Crippen molar-refractivity contribution in [3.63, 3.8) is 0 Å². The summed E-state index contributed by atoms with van der Waals surface area (Å²) in [7, 11) is 1.41. The minimum absolute atomic E-state index is 0.220. The van der Waals surface area contributed by atoms with Gasteiger partial charge in [0.1, 0.15) is 6.04 Å². The van der Waals surface area contributed by atoms with Crippen LogP contribution in [0.3, 0.4) is 0 Å². The average molecular weight is 318 g/mol. The average Bonchev–Trinajstić information content (AvgIpc) is 2.36. The number of methoxy groups -OCH3 is 1. The highest BCUT2D eigenvalue weighted by Crippen LogP contribution is 2.16. The van der Waals surface area contributed by atoms with E-state index in [-0.39, 0.29) is 12.0 Å². The normalized spacial score (nSPS) is 11.9. The zero-order valence-corrected chi connectivity index (χ0v) is 12.3. The molecular weight excluding hydrogens is 302 g/mol. The number of halogens is 1. The predicted octanol–water partition coefficient (Wildman–Crippen LogP) is 3.16. The van der Waals surface area contributed by atoms with Crippen LogP contribution in [-0.2, 0) is 9.53 Å². The highest BCUT2D eigenvalue weighted by molar-refractivity contribution is 9.10. The third-order valence-corrected chi connectivity index (χ3v) is 3.45. The Hall–Kier alpha value is -0.680. The maximum Gasteiger partial charge on any atom is 0.328 e. The Kier molecular flexibility index (Phi) is 6.44. The molecule has 0 aliphatic heterocycles. The maximum absolute atomic E-state index is 11.6. The van der Waals surface area contributed by atoms with Crippen LogP contribution in [0.1, 0.15) is 6.42 Å². The van der Waals surface area contributed by atoms with Crippen LogP contribution in [0, 0.1) is 0 Å². The Bertz CT molecular complexity index is 356. The van der Waals surface area contributed by atoms with E-state index in [2.05, 4.69) is 21.2 Å². The Morgan fingerprint density at radius 3 is 2.65 bits per heavy atom. The number of thioether (sulfide) groups is 1. The molecule has 1 aromatic carbocycles. The molecule has 5 heteroatoms. The molecule has 0 amide bonds. The molecular formula is C12H16BrNO2S. The van der Waals surface area contributed by atoms with Gasteiger partial charge in [0.25, 0.3) is 0 Å². The minimum atomic E-state index is -0.284. The first-order chi connectivity index (χ1) is 8.17. The molecule has 1 rings (SSSR count). The van der Waals surface area contributed by atoms with Gasteiger partial charge in [0.05, 0.1) is 7.11 Å². The van der Waals surface area contributed by atoms with Crippen LogP contribution in [0.15, 0.2) is 28.7 Å². The molecule has 0 radical (unpaired) electrons. The monoisotopic (exact) mass is 317 g/mol. The van der Waals surface area contributed by atoms with Crippen molar-refractivity contribution in [3.05, 3.63) is 28.7 Å². The summed E-state index contributed by atoms with van der Waals surface area (Å²) in [5.41, 5.74) is 0.921. The minimum Gasteiger partial charge on any atom is -0.467 e. The molecule has 17 heavy (non-hydrogen) atoms. The summed E-state index contributed by atoms with van der Waals surface area (Å²) in [6, 6.07) is 7.45. The van der Waals surface area contributed by atoms with Crippen LogP contribution in [0.4, 0.5) is 5.69 Å². The van der Waals surface area contributed by atoms with Crippen molar-refractivity contribution in [1.82, 2.24) is 0 Å². The van der Waals surface area contributed by atoms with Crippen molar-refractivity contribution in [1.29, 1.82) is 0 Å². The van der Waals surface area contributed by atoms with E-state index in [1.807, 2.05) is 30.5 Å². The van der Waals surface area contributed by atoms with Crippen molar-refractivity contribution < 1.29 is 9.53 Å². The smallest absolute Gasteiger partial charge is 0.328 e. The van der Waals surface area contributed by atoms with Crippen molar-refractivity contribution in [2.45, 2.75) is 12.5 Å². The number of rotatable bonds is 6. The number of ether oxygens (including phenoxy) is 1. The summed E-state index contributed by atoms with van der Waals surface area (Å²) in [5, 5.41) is 3.18. The molecule has 0 spiro atoms. The number of carbonyl (C=O) groups excluding carboxylic acids is 1. The fraction of sp³-hybridized carbons (Fsp3) is 0.417. The number of benzene rings is 1. The lowest BCUT2D eigenvalue weighted by Gasteiger charge is -2.17. The molecule has 1 unspecified atom stereocenters. The van der Waals surface area contributed by atoms with E-state index in [0.717, 1.165) is 22.3 Å².